The van der Waals surface area contributed by atoms with Crippen molar-refractivity contribution in [2.45, 2.75) is 0 Å². The highest BCUT2D eigenvalue weighted by Gasteiger charge is 2.31. The van der Waals surface area contributed by atoms with Crippen LogP contribution in [0, 0.1) is 0 Å². The van der Waals surface area contributed by atoms with Crippen LogP contribution in [0.15, 0.2) is 194 Å². The topological polar surface area (TPSA) is 17.8 Å². The molecule has 1 aliphatic carbocycles. The van der Waals surface area contributed by atoms with Crippen LogP contribution in [0.25, 0.3) is 116 Å². The Morgan fingerprint density at radius 2 is 0.909 bits per heavy atom. The molecule has 2 heteroatoms. The Labute approximate surface area is 318 Å². The Balaban J connectivity index is 1.08. The summed E-state index contributed by atoms with van der Waals surface area (Å²) < 4.78 is 2.31. The molecule has 2 heterocycles. The molecule has 2 aromatic heterocycles. The average molecular weight is 697 g/mol. The zero-order chi connectivity index (χ0) is 36.0. The SMILES string of the molecule is c1ccc(-c2c3c(c(-c4ccccc4)c4ccccc24)-c2ccc(-c4ccc(-n5c6ccc7ccccc7c6c6cccnc65)cc4)c4cccc-3c24)cc1. The van der Waals surface area contributed by atoms with Crippen molar-refractivity contribution < 1.29 is 0 Å². The van der Waals surface area contributed by atoms with Crippen molar-refractivity contribution in [3.63, 3.8) is 0 Å². The van der Waals surface area contributed by atoms with E-state index in [0.717, 1.165) is 11.3 Å². The van der Waals surface area contributed by atoms with Gasteiger partial charge >= 0.3 is 0 Å². The second kappa shape index (κ2) is 11.6. The lowest BCUT2D eigenvalue weighted by molar-refractivity contribution is 1.14. The van der Waals surface area contributed by atoms with Gasteiger partial charge in [-0.2, -0.15) is 0 Å². The molecule has 0 fully saturated rings. The fraction of sp³-hybridized carbons (Fsp3) is 0. The number of fused-ring (bicyclic) bond motifs is 9. The summed E-state index contributed by atoms with van der Waals surface area (Å²) in [5, 5.41) is 10.0. The quantitative estimate of drug-likeness (QED) is 0.179. The second-order valence-electron chi connectivity index (χ2n) is 14.6. The van der Waals surface area contributed by atoms with Gasteiger partial charge in [-0.25, -0.2) is 4.98 Å². The van der Waals surface area contributed by atoms with E-state index in [2.05, 4.69) is 187 Å². The van der Waals surface area contributed by atoms with Crippen molar-refractivity contribution in [3.05, 3.63) is 194 Å². The van der Waals surface area contributed by atoms with Gasteiger partial charge < -0.3 is 0 Å². The van der Waals surface area contributed by atoms with Crippen LogP contribution < -0.4 is 0 Å². The summed E-state index contributed by atoms with van der Waals surface area (Å²) in [6.45, 7) is 0. The van der Waals surface area contributed by atoms with E-state index in [1.807, 2.05) is 12.3 Å². The highest BCUT2D eigenvalue weighted by molar-refractivity contribution is 6.29. The summed E-state index contributed by atoms with van der Waals surface area (Å²) in [6, 6.07) is 68.8. The monoisotopic (exact) mass is 696 g/mol. The Morgan fingerprint density at radius 3 is 1.62 bits per heavy atom. The molecule has 0 saturated carbocycles. The Kier molecular flexibility index (Phi) is 6.37. The van der Waals surface area contributed by atoms with Gasteiger partial charge in [-0.05, 0) is 118 Å². The Bertz CT molecular complexity index is 3250. The highest BCUT2D eigenvalue weighted by Crippen LogP contribution is 2.58. The zero-order valence-electron chi connectivity index (χ0n) is 29.9. The molecule has 0 atom stereocenters. The van der Waals surface area contributed by atoms with Gasteiger partial charge in [0.15, 0.2) is 0 Å². The molecule has 55 heavy (non-hydrogen) atoms. The maximum absolute atomic E-state index is 4.91. The Hall–Kier alpha value is -7.29. The van der Waals surface area contributed by atoms with Crippen molar-refractivity contribution in [2.24, 2.45) is 0 Å². The summed E-state index contributed by atoms with van der Waals surface area (Å²) in [4.78, 5) is 4.91. The minimum Gasteiger partial charge on any atom is -0.294 e. The van der Waals surface area contributed by atoms with E-state index in [-0.39, 0.29) is 0 Å². The van der Waals surface area contributed by atoms with E-state index in [9.17, 15) is 0 Å². The van der Waals surface area contributed by atoms with Gasteiger partial charge in [-0.3, -0.25) is 4.57 Å². The molecule has 2 nitrogen and oxygen atoms in total. The number of aromatic nitrogens is 2. The van der Waals surface area contributed by atoms with Gasteiger partial charge in [0.05, 0.1) is 5.52 Å². The summed E-state index contributed by atoms with van der Waals surface area (Å²) in [5.74, 6) is 0. The molecule has 0 unspecified atom stereocenters. The molecule has 254 valence electrons. The molecule has 9 aromatic carbocycles. The molecule has 0 spiro atoms. The smallest absolute Gasteiger partial charge is 0.145 e. The first kappa shape index (κ1) is 30.2. The lowest BCUT2D eigenvalue weighted by Gasteiger charge is -2.20. The van der Waals surface area contributed by atoms with Crippen LogP contribution in [0.4, 0.5) is 0 Å². The third-order valence-electron chi connectivity index (χ3n) is 11.8. The fourth-order valence-corrected chi connectivity index (χ4v) is 9.53. The number of nitrogens with zero attached hydrogens (tertiary/aromatic N) is 2. The van der Waals surface area contributed by atoms with Crippen LogP contribution in [0.5, 0.6) is 0 Å². The van der Waals surface area contributed by atoms with Crippen LogP contribution in [-0.4, -0.2) is 9.55 Å². The normalized spacial score (nSPS) is 12.0. The van der Waals surface area contributed by atoms with Crippen LogP contribution in [0.1, 0.15) is 0 Å². The number of rotatable bonds is 4. The maximum Gasteiger partial charge on any atom is 0.145 e. The molecule has 0 saturated heterocycles. The first-order valence-corrected chi connectivity index (χ1v) is 19.0. The lowest BCUT2D eigenvalue weighted by atomic mass is 9.82. The predicted octanol–water partition coefficient (Wildman–Crippen LogP) is 14.3. The average Bonchev–Trinajstić information content (AvgIpc) is 3.78. The van der Waals surface area contributed by atoms with Crippen LogP contribution in [-0.2, 0) is 0 Å². The van der Waals surface area contributed by atoms with E-state index < -0.39 is 0 Å². The second-order valence-corrected chi connectivity index (χ2v) is 14.6. The van der Waals surface area contributed by atoms with Gasteiger partial charge in [0.2, 0.25) is 0 Å². The van der Waals surface area contributed by atoms with E-state index in [1.165, 1.54) is 104 Å². The van der Waals surface area contributed by atoms with E-state index >= 15 is 0 Å². The van der Waals surface area contributed by atoms with Crippen LogP contribution in [0.2, 0.25) is 0 Å². The molecular weight excluding hydrogens is 665 g/mol. The van der Waals surface area contributed by atoms with Gasteiger partial charge in [0.1, 0.15) is 5.65 Å². The maximum atomic E-state index is 4.91. The van der Waals surface area contributed by atoms with E-state index in [0.29, 0.717) is 0 Å². The molecule has 0 amide bonds. The molecule has 0 N–H and O–H groups in total. The van der Waals surface area contributed by atoms with E-state index in [1.54, 1.807) is 0 Å². The number of hydrogen-bond acceptors (Lipinski definition) is 1. The Morgan fingerprint density at radius 1 is 0.327 bits per heavy atom. The van der Waals surface area contributed by atoms with Gasteiger partial charge in [-0.15, -0.1) is 0 Å². The lowest BCUT2D eigenvalue weighted by Crippen LogP contribution is -1.95. The number of pyridine rings is 1. The van der Waals surface area contributed by atoms with Crippen molar-refractivity contribution in [2.75, 3.05) is 0 Å². The first-order chi connectivity index (χ1) is 27.3. The van der Waals surface area contributed by atoms with Crippen molar-refractivity contribution in [1.29, 1.82) is 0 Å². The summed E-state index contributed by atoms with van der Waals surface area (Å²) in [5.41, 5.74) is 16.0. The molecule has 0 aliphatic heterocycles. The van der Waals surface area contributed by atoms with Crippen molar-refractivity contribution in [3.8, 4) is 61.3 Å². The standard InChI is InChI=1S/C53H32N2/c1-3-14-35(15-4-1)47-41-19-9-10-20-42(41)48(36-16-5-2-6-17-36)52-44-30-29-38(40-21-11-22-43(49(40)44)51(47)52)34-24-27-37(28-25-34)55-46-31-26-33-13-7-8-18-39(33)50(46)45-23-12-32-54-53(45)55/h1-32H. The van der Waals surface area contributed by atoms with Crippen LogP contribution >= 0.6 is 0 Å². The molecule has 12 rings (SSSR count). The van der Waals surface area contributed by atoms with Gasteiger partial charge in [-0.1, -0.05) is 158 Å². The van der Waals surface area contributed by atoms with Crippen LogP contribution in [0.3, 0.4) is 0 Å². The summed E-state index contributed by atoms with van der Waals surface area (Å²) in [7, 11) is 0. The molecule has 1 aliphatic rings. The number of hydrogen-bond donors (Lipinski definition) is 0. The number of benzene rings is 9. The molecule has 11 aromatic rings. The highest BCUT2D eigenvalue weighted by atomic mass is 15.0. The third-order valence-corrected chi connectivity index (χ3v) is 11.8. The predicted molar refractivity (Wildman–Crippen MR) is 232 cm³/mol. The molecule has 0 bridgehead atoms. The first-order valence-electron chi connectivity index (χ1n) is 19.0. The zero-order valence-corrected chi connectivity index (χ0v) is 29.9. The van der Waals surface area contributed by atoms with Crippen molar-refractivity contribution >= 4 is 54.3 Å². The fourth-order valence-electron chi connectivity index (χ4n) is 9.53. The summed E-state index contributed by atoms with van der Waals surface area (Å²) >= 11 is 0. The van der Waals surface area contributed by atoms with Crippen molar-refractivity contribution in [1.82, 2.24) is 9.55 Å². The van der Waals surface area contributed by atoms with Gasteiger partial charge in [0.25, 0.3) is 0 Å². The minimum absolute atomic E-state index is 0.973. The minimum atomic E-state index is 0.973. The van der Waals surface area contributed by atoms with E-state index in [4.69, 9.17) is 4.98 Å². The molecular formula is C53H32N2. The largest absolute Gasteiger partial charge is 0.294 e. The summed E-state index contributed by atoms with van der Waals surface area (Å²) in [6.07, 6.45) is 1.90. The third kappa shape index (κ3) is 4.28. The van der Waals surface area contributed by atoms with Gasteiger partial charge in [0, 0.05) is 22.7 Å². The molecule has 0 radical (unpaired) electrons.